The van der Waals surface area contributed by atoms with Crippen molar-refractivity contribution in [3.8, 4) is 6.07 Å². The molecule has 0 fully saturated rings. The summed E-state index contributed by atoms with van der Waals surface area (Å²) in [4.78, 5) is 11.2. The van der Waals surface area contributed by atoms with Crippen molar-refractivity contribution in [3.63, 3.8) is 0 Å². The van der Waals surface area contributed by atoms with Gasteiger partial charge in [0, 0.05) is 12.1 Å². The van der Waals surface area contributed by atoms with Crippen LogP contribution in [0, 0.1) is 11.3 Å². The largest absolute Gasteiger partial charge is 0.316 e. The Morgan fingerprint density at radius 2 is 2.29 bits per heavy atom. The van der Waals surface area contributed by atoms with Gasteiger partial charge in [-0.3, -0.25) is 4.79 Å². The molecule has 0 aliphatic carbocycles. The molecule has 1 aromatic rings. The third-order valence-electron chi connectivity index (χ3n) is 1.98. The maximum absolute atomic E-state index is 11.2. The molecular weight excluding hydrogens is 176 g/mol. The number of carbonyl (C=O) groups is 1. The molecule has 0 heterocycles. The number of nitrogens with zero attached hydrogens (tertiary/aromatic N) is 1. The van der Waals surface area contributed by atoms with Gasteiger partial charge in [-0.05, 0) is 37.7 Å². The zero-order valence-electron chi connectivity index (χ0n) is 8.29. The first-order valence-corrected chi connectivity index (χ1v) is 4.37. The minimum absolute atomic E-state index is 0.0275. The van der Waals surface area contributed by atoms with Crippen LogP contribution in [0.1, 0.15) is 28.4 Å². The first-order chi connectivity index (χ1) is 6.69. The molecule has 3 heteroatoms. The van der Waals surface area contributed by atoms with Crippen molar-refractivity contribution in [2.45, 2.75) is 13.5 Å². The van der Waals surface area contributed by atoms with E-state index in [0.717, 1.165) is 5.56 Å². The van der Waals surface area contributed by atoms with E-state index in [9.17, 15) is 4.79 Å². The molecule has 0 unspecified atom stereocenters. The number of ketones is 1. The average molecular weight is 188 g/mol. The van der Waals surface area contributed by atoms with Gasteiger partial charge in [0.25, 0.3) is 0 Å². The van der Waals surface area contributed by atoms with E-state index in [1.165, 1.54) is 6.92 Å². The highest BCUT2D eigenvalue weighted by molar-refractivity contribution is 5.95. The molecule has 0 radical (unpaired) electrons. The maximum Gasteiger partial charge on any atom is 0.160 e. The monoisotopic (exact) mass is 188 g/mol. The molecule has 1 aromatic carbocycles. The van der Waals surface area contributed by atoms with Crippen LogP contribution in [-0.4, -0.2) is 12.8 Å². The lowest BCUT2D eigenvalue weighted by atomic mass is 10.0. The number of nitriles is 1. The smallest absolute Gasteiger partial charge is 0.160 e. The quantitative estimate of drug-likeness (QED) is 0.731. The summed E-state index contributed by atoms with van der Waals surface area (Å²) in [6.07, 6.45) is 0. The number of carbonyl (C=O) groups excluding carboxylic acids is 1. The summed E-state index contributed by atoms with van der Waals surface area (Å²) in [5.74, 6) is 0.0275. The number of Topliss-reactive ketones (excluding diaryl/α,β-unsaturated/α-hetero) is 1. The molecule has 0 amide bonds. The summed E-state index contributed by atoms with van der Waals surface area (Å²) in [6, 6.07) is 7.16. The van der Waals surface area contributed by atoms with E-state index in [1.54, 1.807) is 18.2 Å². The standard InChI is InChI=1S/C11H12N2O/c1-8(14)11-4-3-9(6-12)5-10(11)7-13-2/h3-5,13H,7H2,1-2H3. The highest BCUT2D eigenvalue weighted by atomic mass is 16.1. The Morgan fingerprint density at radius 1 is 1.57 bits per heavy atom. The number of benzene rings is 1. The van der Waals surface area contributed by atoms with E-state index in [0.29, 0.717) is 17.7 Å². The fourth-order valence-corrected chi connectivity index (χ4v) is 1.34. The molecule has 0 aliphatic heterocycles. The molecule has 72 valence electrons. The Balaban J connectivity index is 3.18. The van der Waals surface area contributed by atoms with Gasteiger partial charge in [0.2, 0.25) is 0 Å². The minimum Gasteiger partial charge on any atom is -0.316 e. The van der Waals surface area contributed by atoms with Gasteiger partial charge in [-0.25, -0.2) is 0 Å². The molecule has 0 atom stereocenters. The van der Waals surface area contributed by atoms with Gasteiger partial charge in [0.15, 0.2) is 5.78 Å². The van der Waals surface area contributed by atoms with E-state index >= 15 is 0 Å². The number of nitrogens with one attached hydrogen (secondary N) is 1. The van der Waals surface area contributed by atoms with Crippen molar-refractivity contribution in [1.82, 2.24) is 5.32 Å². The van der Waals surface area contributed by atoms with Crippen LogP contribution in [-0.2, 0) is 6.54 Å². The van der Waals surface area contributed by atoms with E-state index in [2.05, 4.69) is 11.4 Å². The van der Waals surface area contributed by atoms with Crippen LogP contribution >= 0.6 is 0 Å². The lowest BCUT2D eigenvalue weighted by Gasteiger charge is -2.06. The molecule has 0 spiro atoms. The van der Waals surface area contributed by atoms with E-state index in [4.69, 9.17) is 5.26 Å². The Bertz CT molecular complexity index is 391. The fourth-order valence-electron chi connectivity index (χ4n) is 1.34. The van der Waals surface area contributed by atoms with E-state index < -0.39 is 0 Å². The van der Waals surface area contributed by atoms with Gasteiger partial charge in [-0.15, -0.1) is 0 Å². The van der Waals surface area contributed by atoms with Crippen molar-refractivity contribution in [2.24, 2.45) is 0 Å². The molecule has 14 heavy (non-hydrogen) atoms. The Kier molecular flexibility index (Phi) is 3.38. The molecule has 1 N–H and O–H groups in total. The second-order valence-electron chi connectivity index (χ2n) is 3.07. The first-order valence-electron chi connectivity index (χ1n) is 4.37. The molecule has 1 rings (SSSR count). The van der Waals surface area contributed by atoms with Crippen LogP contribution in [0.5, 0.6) is 0 Å². The highest BCUT2D eigenvalue weighted by Gasteiger charge is 2.06. The van der Waals surface area contributed by atoms with Crippen molar-refractivity contribution in [1.29, 1.82) is 5.26 Å². The SMILES string of the molecule is CNCc1cc(C#N)ccc1C(C)=O. The zero-order chi connectivity index (χ0) is 10.6. The topological polar surface area (TPSA) is 52.9 Å². The number of hydrogen-bond donors (Lipinski definition) is 1. The van der Waals surface area contributed by atoms with Crippen LogP contribution in [0.2, 0.25) is 0 Å². The van der Waals surface area contributed by atoms with E-state index in [-0.39, 0.29) is 5.78 Å². The third-order valence-corrected chi connectivity index (χ3v) is 1.98. The molecule has 0 bridgehead atoms. The van der Waals surface area contributed by atoms with Crippen LogP contribution in [0.25, 0.3) is 0 Å². The van der Waals surface area contributed by atoms with Crippen LogP contribution in [0.4, 0.5) is 0 Å². The van der Waals surface area contributed by atoms with Crippen LogP contribution < -0.4 is 5.32 Å². The summed E-state index contributed by atoms with van der Waals surface area (Å²) in [5.41, 5.74) is 2.14. The summed E-state index contributed by atoms with van der Waals surface area (Å²) < 4.78 is 0. The van der Waals surface area contributed by atoms with E-state index in [1.807, 2.05) is 7.05 Å². The summed E-state index contributed by atoms with van der Waals surface area (Å²) in [7, 11) is 1.81. The minimum atomic E-state index is 0.0275. The molecule has 0 saturated carbocycles. The van der Waals surface area contributed by atoms with Gasteiger partial charge in [0.1, 0.15) is 0 Å². The lowest BCUT2D eigenvalue weighted by molar-refractivity contribution is 0.101. The van der Waals surface area contributed by atoms with Crippen molar-refractivity contribution >= 4 is 5.78 Å². The van der Waals surface area contributed by atoms with Crippen molar-refractivity contribution in [2.75, 3.05) is 7.05 Å². The van der Waals surface area contributed by atoms with Crippen molar-refractivity contribution < 1.29 is 4.79 Å². The number of rotatable bonds is 3. The average Bonchev–Trinajstić information content (AvgIpc) is 2.17. The fraction of sp³-hybridized carbons (Fsp3) is 0.273. The van der Waals surface area contributed by atoms with Gasteiger partial charge in [-0.2, -0.15) is 5.26 Å². The maximum atomic E-state index is 11.2. The van der Waals surface area contributed by atoms with Crippen LogP contribution in [0.3, 0.4) is 0 Å². The van der Waals surface area contributed by atoms with Crippen LogP contribution in [0.15, 0.2) is 18.2 Å². The molecule has 0 saturated heterocycles. The normalized spacial score (nSPS) is 9.50. The summed E-state index contributed by atoms with van der Waals surface area (Å²) in [5, 5.41) is 11.7. The third kappa shape index (κ3) is 2.18. The summed E-state index contributed by atoms with van der Waals surface area (Å²) in [6.45, 7) is 2.13. The molecule has 0 aliphatic rings. The summed E-state index contributed by atoms with van der Waals surface area (Å²) >= 11 is 0. The second kappa shape index (κ2) is 4.54. The lowest BCUT2D eigenvalue weighted by Crippen LogP contribution is -2.10. The van der Waals surface area contributed by atoms with Crippen molar-refractivity contribution in [3.05, 3.63) is 34.9 Å². The zero-order valence-corrected chi connectivity index (χ0v) is 8.29. The van der Waals surface area contributed by atoms with Gasteiger partial charge in [-0.1, -0.05) is 0 Å². The van der Waals surface area contributed by atoms with Gasteiger partial charge < -0.3 is 5.32 Å². The molecule has 0 aromatic heterocycles. The Morgan fingerprint density at radius 3 is 2.79 bits per heavy atom. The Labute approximate surface area is 83.4 Å². The number of hydrogen-bond acceptors (Lipinski definition) is 3. The van der Waals surface area contributed by atoms with Gasteiger partial charge >= 0.3 is 0 Å². The Hall–Kier alpha value is -1.66. The van der Waals surface area contributed by atoms with Gasteiger partial charge in [0.05, 0.1) is 11.6 Å². The molecular formula is C11H12N2O. The second-order valence-corrected chi connectivity index (χ2v) is 3.07. The predicted molar refractivity (Wildman–Crippen MR) is 53.9 cm³/mol. The highest BCUT2D eigenvalue weighted by Crippen LogP contribution is 2.12. The first kappa shape index (κ1) is 10.4. The predicted octanol–water partition coefficient (Wildman–Crippen LogP) is 1.48. The molecule has 3 nitrogen and oxygen atoms in total.